The van der Waals surface area contributed by atoms with Crippen LogP contribution in [0.1, 0.15) is 137 Å². The highest BCUT2D eigenvalue weighted by Gasteiger charge is 2.47. The van der Waals surface area contributed by atoms with Crippen molar-refractivity contribution in [2.24, 2.45) is 10.8 Å². The Morgan fingerprint density at radius 1 is 0.630 bits per heavy atom. The second-order valence-electron chi connectivity index (χ2n) is 24.6. The second-order valence-corrected chi connectivity index (χ2v) is 24.6. The number of aryl methyl sites for hydroxylation is 1. The molecule has 0 spiro atoms. The Balaban J connectivity index is 1.07. The number of carbonyl (C=O) groups excluding carboxylic acids is 7. The number of nitrogens with zero attached hydrogens (tertiary/aromatic N) is 3. The summed E-state index contributed by atoms with van der Waals surface area (Å²) in [6, 6.07) is 31.0. The highest BCUT2D eigenvalue weighted by atomic mass is 16.2. The van der Waals surface area contributed by atoms with Crippen LogP contribution in [0.2, 0.25) is 0 Å². The van der Waals surface area contributed by atoms with Crippen LogP contribution in [0.15, 0.2) is 115 Å². The predicted octanol–water partition coefficient (Wildman–Crippen LogP) is 7.05. The van der Waals surface area contributed by atoms with Gasteiger partial charge in [-0.25, -0.2) is 0 Å². The van der Waals surface area contributed by atoms with Crippen molar-refractivity contribution in [1.29, 1.82) is 0 Å². The molecular weight excluding hydrogens is 1020 g/mol. The van der Waals surface area contributed by atoms with E-state index < -0.39 is 71.0 Å². The molecule has 430 valence electrons. The van der Waals surface area contributed by atoms with Crippen LogP contribution in [0.5, 0.6) is 0 Å². The van der Waals surface area contributed by atoms with Gasteiger partial charge in [-0.15, -0.1) is 0 Å². The highest BCUT2D eigenvalue weighted by molar-refractivity contribution is 5.97. The molecule has 9 atom stereocenters. The molecule has 1 fully saturated rings. The van der Waals surface area contributed by atoms with Crippen LogP contribution >= 0.6 is 0 Å². The van der Waals surface area contributed by atoms with E-state index in [0.717, 1.165) is 57.9 Å². The molecule has 1 aliphatic carbocycles. The Morgan fingerprint density at radius 2 is 1.20 bits per heavy atom. The molecule has 0 saturated carbocycles. The maximum atomic E-state index is 15.7. The first-order chi connectivity index (χ1) is 38.5. The number of hydrogen-bond donors (Lipinski definition) is 6. The summed E-state index contributed by atoms with van der Waals surface area (Å²) >= 11 is 0. The molecule has 3 aliphatic rings. The van der Waals surface area contributed by atoms with Gasteiger partial charge in [0.25, 0.3) is 5.91 Å². The zero-order chi connectivity index (χ0) is 58.5. The summed E-state index contributed by atoms with van der Waals surface area (Å²) in [6.07, 6.45) is 2.98. The van der Waals surface area contributed by atoms with Crippen molar-refractivity contribution in [3.8, 4) is 0 Å². The number of amides is 7. The summed E-state index contributed by atoms with van der Waals surface area (Å²) in [5.74, 6) is -2.42. The van der Waals surface area contributed by atoms with Crippen molar-refractivity contribution < 1.29 is 33.6 Å². The lowest BCUT2D eigenvalue weighted by atomic mass is 9.84. The molecule has 16 nitrogen and oxygen atoms in total. The van der Waals surface area contributed by atoms with E-state index in [1.165, 1.54) is 10.5 Å². The van der Waals surface area contributed by atoms with Crippen LogP contribution in [0, 0.1) is 10.8 Å². The maximum Gasteiger partial charge on any atom is 0.251 e. The van der Waals surface area contributed by atoms with E-state index in [2.05, 4.69) is 44.0 Å². The number of likely N-dealkylation sites (N-methyl/N-ethyl adjacent to an activating group) is 2. The van der Waals surface area contributed by atoms with Crippen molar-refractivity contribution in [3.05, 3.63) is 154 Å². The summed E-state index contributed by atoms with van der Waals surface area (Å²) in [5, 5.41) is 20.3. The number of fused-ring (bicyclic) bond motifs is 3. The third-order valence-corrected chi connectivity index (χ3v) is 16.8. The van der Waals surface area contributed by atoms with Gasteiger partial charge in [0.05, 0.1) is 24.2 Å². The number of hydrogen-bond acceptors (Lipinski definition) is 9. The van der Waals surface area contributed by atoms with Gasteiger partial charge in [-0.2, -0.15) is 0 Å². The summed E-state index contributed by atoms with van der Waals surface area (Å²) in [7, 11) is 3.36. The Morgan fingerprint density at radius 3 is 1.81 bits per heavy atom. The van der Waals surface area contributed by atoms with E-state index in [0.29, 0.717) is 5.56 Å². The minimum absolute atomic E-state index is 0.0405. The quantitative estimate of drug-likeness (QED) is 0.0565. The lowest BCUT2D eigenvalue weighted by molar-refractivity contribution is -0.152. The minimum atomic E-state index is -0.971. The SMILES string of the molecule is CN[C@@H](C)C(=O)N[C@H](C(=O)N1CC(NC(=O)c2ccc(CN(C(=O)[C@@H]3Cc4ccccc4CN3C(=O)[C@@H](NC(=O)[C@H](C)NC)C(C)(C)C)[C@H](C)c3ccc4ccccc4c3)cc2)CC1C(=O)N[C@@H]1CCCc2ccccc21)C(C)(C)C. The minimum Gasteiger partial charge on any atom is -0.347 e. The van der Waals surface area contributed by atoms with Gasteiger partial charge in [0.1, 0.15) is 24.2 Å². The second kappa shape index (κ2) is 25.2. The van der Waals surface area contributed by atoms with Gasteiger partial charge in [-0.05, 0) is 134 Å². The highest BCUT2D eigenvalue weighted by Crippen LogP contribution is 2.35. The van der Waals surface area contributed by atoms with E-state index >= 15 is 9.59 Å². The van der Waals surface area contributed by atoms with Gasteiger partial charge in [0, 0.05) is 37.7 Å². The lowest BCUT2D eigenvalue weighted by Crippen LogP contribution is -2.62. The molecule has 0 radical (unpaired) electrons. The Bertz CT molecular complexity index is 3130. The van der Waals surface area contributed by atoms with Crippen LogP contribution in [-0.2, 0) is 54.7 Å². The molecule has 0 bridgehead atoms. The van der Waals surface area contributed by atoms with Gasteiger partial charge < -0.3 is 46.6 Å². The number of carbonyl (C=O) groups is 7. The van der Waals surface area contributed by atoms with Gasteiger partial charge in [0.15, 0.2) is 0 Å². The van der Waals surface area contributed by atoms with Crippen LogP contribution in [-0.4, -0.2) is 119 Å². The first kappa shape index (κ1) is 59.7. The Kier molecular flexibility index (Phi) is 18.5. The molecule has 5 aromatic carbocycles. The summed E-state index contributed by atoms with van der Waals surface area (Å²) in [6.45, 7) is 17.1. The molecule has 2 heterocycles. The van der Waals surface area contributed by atoms with Crippen LogP contribution in [0.3, 0.4) is 0 Å². The van der Waals surface area contributed by atoms with Crippen LogP contribution < -0.4 is 31.9 Å². The van der Waals surface area contributed by atoms with E-state index in [9.17, 15) is 24.0 Å². The van der Waals surface area contributed by atoms with E-state index in [1.54, 1.807) is 49.9 Å². The average Bonchev–Trinajstić information content (AvgIpc) is 3.93. The van der Waals surface area contributed by atoms with Crippen molar-refractivity contribution in [1.82, 2.24) is 46.6 Å². The smallest absolute Gasteiger partial charge is 0.251 e. The first-order valence-corrected chi connectivity index (χ1v) is 28.7. The third-order valence-electron chi connectivity index (χ3n) is 16.8. The number of likely N-dealkylation sites (tertiary alicyclic amines) is 1. The normalized spacial score (nSPS) is 19.9. The summed E-state index contributed by atoms with van der Waals surface area (Å²) in [5.41, 5.74) is 4.68. The molecule has 2 unspecified atom stereocenters. The molecule has 8 rings (SSSR count). The first-order valence-electron chi connectivity index (χ1n) is 28.7. The monoisotopic (exact) mass is 1100 g/mol. The average molecular weight is 1100 g/mol. The van der Waals surface area contributed by atoms with Crippen molar-refractivity contribution >= 4 is 52.1 Å². The summed E-state index contributed by atoms with van der Waals surface area (Å²) < 4.78 is 0. The molecular formula is C65H83N9O7. The van der Waals surface area contributed by atoms with Crippen LogP contribution in [0.25, 0.3) is 10.8 Å². The molecule has 2 aliphatic heterocycles. The van der Waals surface area contributed by atoms with Crippen molar-refractivity contribution in [3.63, 3.8) is 0 Å². The van der Waals surface area contributed by atoms with Gasteiger partial charge in [-0.1, -0.05) is 139 Å². The molecule has 1 saturated heterocycles. The Labute approximate surface area is 477 Å². The molecule has 7 amide bonds. The van der Waals surface area contributed by atoms with Gasteiger partial charge in [0.2, 0.25) is 35.4 Å². The number of rotatable bonds is 17. The van der Waals surface area contributed by atoms with E-state index in [1.807, 2.05) is 139 Å². The van der Waals surface area contributed by atoms with Crippen LogP contribution in [0.4, 0.5) is 0 Å². The topological polar surface area (TPSA) is 201 Å². The van der Waals surface area contributed by atoms with Crippen molar-refractivity contribution in [2.75, 3.05) is 20.6 Å². The fourth-order valence-corrected chi connectivity index (χ4v) is 11.5. The maximum absolute atomic E-state index is 15.7. The molecule has 81 heavy (non-hydrogen) atoms. The van der Waals surface area contributed by atoms with Crippen molar-refractivity contribution in [2.45, 2.75) is 162 Å². The number of benzene rings is 5. The van der Waals surface area contributed by atoms with Gasteiger partial charge >= 0.3 is 0 Å². The van der Waals surface area contributed by atoms with E-state index in [-0.39, 0.29) is 68.1 Å². The largest absolute Gasteiger partial charge is 0.347 e. The fraction of sp³-hybridized carbons (Fsp3) is 0.462. The van der Waals surface area contributed by atoms with Gasteiger partial charge in [-0.3, -0.25) is 33.6 Å². The summed E-state index contributed by atoms with van der Waals surface area (Å²) in [4.78, 5) is 106. The standard InChI is InChI=1S/C65H83N9O7/c1-39(66-10)57(75)70-55(64(4,5)6)62(80)73-37-49-23-15-14-22-48(49)34-54(73)61(79)72(41(3)46-32-31-43-19-12-13-21-47(43)33-46)36-42-27-29-45(30-28-42)59(77)68-50-35-53(60(78)69-52-26-18-24-44-20-16-17-25-51(44)52)74(38-50)63(81)56(65(7,8)9)71-58(76)40(2)67-11/h12-17,19-23,25,27-33,39-41,50,52-56,66-67H,18,24,26,34-38H2,1-11H3,(H,68,77)(H,69,78)(H,70,75)(H,71,76)/t39-,40-,41+,50?,52+,53?,54-,55+,56+/m0/s1. The fourth-order valence-electron chi connectivity index (χ4n) is 11.5. The molecule has 5 aromatic rings. The molecule has 0 aromatic heterocycles. The number of nitrogens with one attached hydrogen (secondary N) is 6. The zero-order valence-electron chi connectivity index (χ0n) is 49.0. The molecule has 16 heteroatoms. The predicted molar refractivity (Wildman–Crippen MR) is 315 cm³/mol. The van der Waals surface area contributed by atoms with E-state index in [4.69, 9.17) is 0 Å². The molecule has 6 N–H and O–H groups in total. The lowest BCUT2D eigenvalue weighted by Gasteiger charge is -2.43. The third kappa shape index (κ3) is 13.7. The Hall–Kier alpha value is -7.43. The zero-order valence-corrected chi connectivity index (χ0v) is 49.0.